The Morgan fingerprint density at radius 3 is 2.50 bits per heavy atom. The third-order valence-corrected chi connectivity index (χ3v) is 6.43. The zero-order valence-electron chi connectivity index (χ0n) is 16.8. The van der Waals surface area contributed by atoms with Crippen molar-refractivity contribution in [1.82, 2.24) is 9.88 Å². The first kappa shape index (κ1) is 19.3. The molecule has 3 rings (SSSR count). The molecule has 144 valence electrons. The number of aromatic nitrogens is 1. The van der Waals surface area contributed by atoms with Crippen molar-refractivity contribution in [2.75, 3.05) is 19.7 Å². The van der Waals surface area contributed by atoms with E-state index in [1.54, 1.807) is 0 Å². The second-order valence-electron chi connectivity index (χ2n) is 9.45. The van der Waals surface area contributed by atoms with Crippen molar-refractivity contribution in [2.45, 2.75) is 71.1 Å². The molecule has 0 radical (unpaired) electrons. The summed E-state index contributed by atoms with van der Waals surface area (Å²) in [7, 11) is 0. The lowest BCUT2D eigenvalue weighted by molar-refractivity contribution is -0.151. The minimum Gasteiger partial charge on any atom is -0.396 e. The van der Waals surface area contributed by atoms with Crippen molar-refractivity contribution in [3.63, 3.8) is 0 Å². The minimum atomic E-state index is -0.215. The van der Waals surface area contributed by atoms with E-state index in [9.17, 15) is 9.90 Å². The number of aliphatic hydroxyl groups is 1. The van der Waals surface area contributed by atoms with E-state index in [2.05, 4.69) is 39.0 Å². The third kappa shape index (κ3) is 3.80. The first-order chi connectivity index (χ1) is 12.3. The highest BCUT2D eigenvalue weighted by molar-refractivity contribution is 5.80. The first-order valence-electron chi connectivity index (χ1n) is 10.1. The zero-order valence-corrected chi connectivity index (χ0v) is 16.8. The van der Waals surface area contributed by atoms with Crippen molar-refractivity contribution < 1.29 is 9.90 Å². The Morgan fingerprint density at radius 1 is 1.31 bits per heavy atom. The van der Waals surface area contributed by atoms with Crippen molar-refractivity contribution in [3.05, 3.63) is 29.6 Å². The fourth-order valence-corrected chi connectivity index (χ4v) is 4.50. The highest BCUT2D eigenvalue weighted by atomic mass is 16.3. The average Bonchev–Trinajstić information content (AvgIpc) is 2.60. The van der Waals surface area contributed by atoms with Gasteiger partial charge in [-0.15, -0.1) is 0 Å². The Balaban J connectivity index is 1.57. The Hall–Kier alpha value is -1.42. The molecule has 1 aromatic heterocycles. The summed E-state index contributed by atoms with van der Waals surface area (Å²) in [5.41, 5.74) is 2.82. The van der Waals surface area contributed by atoms with Crippen LogP contribution < -0.4 is 0 Å². The molecular weight excluding hydrogens is 324 g/mol. The lowest BCUT2D eigenvalue weighted by Crippen LogP contribution is -2.60. The molecule has 1 aliphatic heterocycles. The third-order valence-electron chi connectivity index (χ3n) is 6.43. The van der Waals surface area contributed by atoms with Gasteiger partial charge in [0.15, 0.2) is 0 Å². The predicted molar refractivity (Wildman–Crippen MR) is 104 cm³/mol. The molecule has 26 heavy (non-hydrogen) atoms. The Labute approximate surface area is 158 Å². The molecule has 1 aliphatic carbocycles. The molecule has 1 aromatic rings. The lowest BCUT2D eigenvalue weighted by Gasteiger charge is -2.54. The van der Waals surface area contributed by atoms with Crippen LogP contribution in [0.15, 0.2) is 18.2 Å². The number of rotatable bonds is 4. The van der Waals surface area contributed by atoms with E-state index in [0.717, 1.165) is 19.5 Å². The molecule has 0 unspecified atom stereocenters. The van der Waals surface area contributed by atoms with Crippen molar-refractivity contribution in [1.29, 1.82) is 0 Å². The second-order valence-corrected chi connectivity index (χ2v) is 9.45. The van der Waals surface area contributed by atoms with Crippen LogP contribution in [0.1, 0.15) is 77.1 Å². The Bertz CT molecular complexity index is 630. The smallest absolute Gasteiger partial charge is 0.228 e. The highest BCUT2D eigenvalue weighted by Gasteiger charge is 2.47. The number of hydrogen-bond donors (Lipinski definition) is 1. The number of hydrogen-bond acceptors (Lipinski definition) is 3. The van der Waals surface area contributed by atoms with E-state index in [0.29, 0.717) is 11.3 Å². The SMILES string of the molecule is CC[C@H](CO)C(=O)N1CC2(CCC(c3cccc(C(C)(C)C)n3)CC2)C1. The maximum Gasteiger partial charge on any atom is 0.228 e. The summed E-state index contributed by atoms with van der Waals surface area (Å²) in [4.78, 5) is 19.3. The average molecular weight is 359 g/mol. The fourth-order valence-electron chi connectivity index (χ4n) is 4.50. The van der Waals surface area contributed by atoms with Gasteiger partial charge in [0.1, 0.15) is 0 Å². The Kier molecular flexibility index (Phi) is 5.43. The number of carbonyl (C=O) groups is 1. The van der Waals surface area contributed by atoms with Gasteiger partial charge >= 0.3 is 0 Å². The molecular formula is C22H34N2O2. The quantitative estimate of drug-likeness (QED) is 0.888. The fraction of sp³-hybridized carbons (Fsp3) is 0.727. The van der Waals surface area contributed by atoms with Crippen LogP contribution in [-0.4, -0.2) is 40.6 Å². The van der Waals surface area contributed by atoms with Crippen molar-refractivity contribution in [3.8, 4) is 0 Å². The maximum absolute atomic E-state index is 12.4. The van der Waals surface area contributed by atoms with Gasteiger partial charge < -0.3 is 10.0 Å². The first-order valence-corrected chi connectivity index (χ1v) is 10.1. The zero-order chi connectivity index (χ0) is 18.9. The standard InChI is InChI=1S/C22H34N2O2/c1-5-16(13-25)20(26)24-14-22(15-24)11-9-17(10-12-22)18-7-6-8-19(23-18)21(2,3)4/h6-8,16-17,25H,5,9-15H2,1-4H3/t16-/m1/s1. The van der Waals surface area contributed by atoms with Gasteiger partial charge in [0, 0.05) is 41.2 Å². The van der Waals surface area contributed by atoms with Gasteiger partial charge in [0.25, 0.3) is 0 Å². The van der Waals surface area contributed by atoms with Crippen LogP contribution >= 0.6 is 0 Å². The molecule has 4 nitrogen and oxygen atoms in total. The normalized spacial score (nSPS) is 21.5. The largest absolute Gasteiger partial charge is 0.396 e. The van der Waals surface area contributed by atoms with Crippen LogP contribution in [0.3, 0.4) is 0 Å². The monoisotopic (exact) mass is 358 g/mol. The Morgan fingerprint density at radius 2 is 1.96 bits per heavy atom. The molecule has 0 aromatic carbocycles. The van der Waals surface area contributed by atoms with E-state index < -0.39 is 0 Å². The molecule has 4 heteroatoms. The number of amides is 1. The van der Waals surface area contributed by atoms with E-state index in [-0.39, 0.29) is 23.8 Å². The van der Waals surface area contributed by atoms with Gasteiger partial charge in [-0.2, -0.15) is 0 Å². The molecule has 2 aliphatic rings. The molecule has 1 amide bonds. The molecule has 2 heterocycles. The van der Waals surface area contributed by atoms with Crippen LogP contribution in [0, 0.1) is 11.3 Å². The molecule has 1 spiro atoms. The van der Waals surface area contributed by atoms with Gasteiger partial charge in [-0.05, 0) is 44.2 Å². The number of aliphatic hydroxyl groups excluding tert-OH is 1. The van der Waals surface area contributed by atoms with Gasteiger partial charge in [-0.3, -0.25) is 9.78 Å². The van der Waals surface area contributed by atoms with Crippen LogP contribution in [-0.2, 0) is 10.2 Å². The van der Waals surface area contributed by atoms with E-state index in [1.807, 2.05) is 11.8 Å². The second kappa shape index (κ2) is 7.30. The summed E-state index contributed by atoms with van der Waals surface area (Å²) in [5.74, 6) is 0.476. The minimum absolute atomic E-state index is 0.0311. The van der Waals surface area contributed by atoms with Crippen LogP contribution in [0.4, 0.5) is 0 Å². The summed E-state index contributed by atoms with van der Waals surface area (Å²) in [5, 5.41) is 9.35. The van der Waals surface area contributed by atoms with E-state index in [4.69, 9.17) is 4.98 Å². The predicted octanol–water partition coefficient (Wildman–Crippen LogP) is 3.88. The van der Waals surface area contributed by atoms with Gasteiger partial charge in [-0.25, -0.2) is 0 Å². The summed E-state index contributed by atoms with van der Waals surface area (Å²) < 4.78 is 0. The van der Waals surface area contributed by atoms with Crippen LogP contribution in [0.25, 0.3) is 0 Å². The van der Waals surface area contributed by atoms with Gasteiger partial charge in [0.05, 0.1) is 12.5 Å². The molecule has 1 saturated carbocycles. The summed E-state index contributed by atoms with van der Waals surface area (Å²) >= 11 is 0. The van der Waals surface area contributed by atoms with E-state index in [1.165, 1.54) is 37.1 Å². The van der Waals surface area contributed by atoms with Crippen molar-refractivity contribution in [2.24, 2.45) is 11.3 Å². The van der Waals surface area contributed by atoms with Crippen molar-refractivity contribution >= 4 is 5.91 Å². The number of likely N-dealkylation sites (tertiary alicyclic amines) is 1. The molecule has 0 bridgehead atoms. The van der Waals surface area contributed by atoms with Gasteiger partial charge in [-0.1, -0.05) is 33.8 Å². The topological polar surface area (TPSA) is 53.4 Å². The molecule has 1 atom stereocenters. The number of carbonyl (C=O) groups excluding carboxylic acids is 1. The van der Waals surface area contributed by atoms with Gasteiger partial charge in [0.2, 0.25) is 5.91 Å². The number of pyridine rings is 1. The number of nitrogens with zero attached hydrogens (tertiary/aromatic N) is 2. The molecule has 1 N–H and O–H groups in total. The molecule has 1 saturated heterocycles. The molecule has 2 fully saturated rings. The van der Waals surface area contributed by atoms with Crippen LogP contribution in [0.5, 0.6) is 0 Å². The maximum atomic E-state index is 12.4. The summed E-state index contributed by atoms with van der Waals surface area (Å²) in [6.07, 6.45) is 5.41. The van der Waals surface area contributed by atoms with Crippen LogP contribution in [0.2, 0.25) is 0 Å². The summed E-state index contributed by atoms with van der Waals surface area (Å²) in [6.45, 7) is 10.3. The lowest BCUT2D eigenvalue weighted by atomic mass is 9.65. The highest BCUT2D eigenvalue weighted by Crippen LogP contribution is 2.48. The summed E-state index contributed by atoms with van der Waals surface area (Å²) in [6, 6.07) is 6.47. The van der Waals surface area contributed by atoms with E-state index >= 15 is 0 Å².